The summed E-state index contributed by atoms with van der Waals surface area (Å²) in [7, 11) is 1.69. The topological polar surface area (TPSA) is 114 Å². The summed E-state index contributed by atoms with van der Waals surface area (Å²) in [4.78, 5) is 20.1. The van der Waals surface area contributed by atoms with Crippen LogP contribution in [0.15, 0.2) is 33.8 Å². The largest absolute Gasteiger partial charge is 0.444 e. The fraction of sp³-hybridized carbons (Fsp3) is 0.500. The third-order valence-corrected chi connectivity index (χ3v) is 3.99. The van der Waals surface area contributed by atoms with Gasteiger partial charge < -0.3 is 25.2 Å². The predicted octanol–water partition coefficient (Wildman–Crippen LogP) is 3.63. The normalized spacial score (nSPS) is 11.5. The molecule has 0 aliphatic heterocycles. The highest BCUT2D eigenvalue weighted by atomic mass is 127. The van der Waals surface area contributed by atoms with Crippen LogP contribution in [0.2, 0.25) is 5.02 Å². The Labute approximate surface area is 204 Å². The zero-order chi connectivity index (χ0) is 22.0. The van der Waals surface area contributed by atoms with Crippen LogP contribution in [0.1, 0.15) is 33.1 Å². The molecule has 1 amide bonds. The second-order valence-electron chi connectivity index (χ2n) is 7.48. The highest BCUT2D eigenvalue weighted by Gasteiger charge is 2.15. The smallest absolute Gasteiger partial charge is 0.407 e. The number of guanidine groups is 1. The summed E-state index contributed by atoms with van der Waals surface area (Å²) < 4.78 is 10.5. The van der Waals surface area contributed by atoms with Crippen molar-refractivity contribution in [1.29, 1.82) is 0 Å². The van der Waals surface area contributed by atoms with E-state index in [0.717, 1.165) is 12.0 Å². The Hall–Kier alpha value is -2.08. The van der Waals surface area contributed by atoms with E-state index in [1.807, 2.05) is 32.9 Å². The average Bonchev–Trinajstić information content (AvgIpc) is 3.14. The molecule has 0 bridgehead atoms. The number of halogens is 2. The van der Waals surface area contributed by atoms with Gasteiger partial charge >= 0.3 is 6.09 Å². The first kappa shape index (κ1) is 27.0. The van der Waals surface area contributed by atoms with Gasteiger partial charge in [0, 0.05) is 43.7 Å². The molecular weight excluding hydrogens is 535 g/mol. The van der Waals surface area contributed by atoms with Crippen molar-refractivity contribution in [2.45, 2.75) is 39.2 Å². The fourth-order valence-electron chi connectivity index (χ4n) is 2.38. The Balaban J connectivity index is 0.00000480. The number of aromatic nitrogens is 2. The molecule has 3 N–H and O–H groups in total. The Morgan fingerprint density at radius 3 is 2.42 bits per heavy atom. The maximum absolute atomic E-state index is 11.6. The van der Waals surface area contributed by atoms with Gasteiger partial charge in [0.15, 0.2) is 5.96 Å². The van der Waals surface area contributed by atoms with Gasteiger partial charge in [0.25, 0.3) is 0 Å². The van der Waals surface area contributed by atoms with E-state index in [1.54, 1.807) is 19.2 Å². The van der Waals surface area contributed by atoms with E-state index in [1.165, 1.54) is 0 Å². The van der Waals surface area contributed by atoms with Crippen molar-refractivity contribution in [1.82, 2.24) is 26.1 Å². The van der Waals surface area contributed by atoms with Crippen LogP contribution in [-0.4, -0.2) is 54.5 Å². The van der Waals surface area contributed by atoms with Crippen molar-refractivity contribution >= 4 is 47.6 Å². The molecule has 31 heavy (non-hydrogen) atoms. The van der Waals surface area contributed by atoms with Crippen LogP contribution in [0, 0.1) is 0 Å². The SMILES string of the molecule is CN=C(NCCCNC(=O)OC(C)(C)C)NCCc1nc(-c2ccc(Cl)cc2)no1.I. The molecule has 1 aromatic heterocycles. The Morgan fingerprint density at radius 2 is 1.77 bits per heavy atom. The molecule has 1 aromatic carbocycles. The number of nitrogens with zero attached hydrogens (tertiary/aromatic N) is 3. The number of hydrogen-bond acceptors (Lipinski definition) is 6. The minimum absolute atomic E-state index is 0. The monoisotopic (exact) mass is 564 g/mol. The van der Waals surface area contributed by atoms with Gasteiger partial charge in [0.2, 0.25) is 11.7 Å². The summed E-state index contributed by atoms with van der Waals surface area (Å²) in [5.41, 5.74) is 0.349. The molecule has 0 saturated heterocycles. The second-order valence-corrected chi connectivity index (χ2v) is 7.91. The molecular formula is C20H30ClIN6O3. The first-order chi connectivity index (χ1) is 14.3. The van der Waals surface area contributed by atoms with E-state index < -0.39 is 11.7 Å². The van der Waals surface area contributed by atoms with Crippen LogP contribution in [0.3, 0.4) is 0 Å². The molecule has 9 nitrogen and oxygen atoms in total. The fourth-order valence-corrected chi connectivity index (χ4v) is 2.51. The number of hydrogen-bond donors (Lipinski definition) is 3. The minimum atomic E-state index is -0.498. The van der Waals surface area contributed by atoms with Gasteiger partial charge in [-0.25, -0.2) is 4.79 Å². The van der Waals surface area contributed by atoms with E-state index in [4.69, 9.17) is 20.9 Å². The van der Waals surface area contributed by atoms with Crippen LogP contribution < -0.4 is 16.0 Å². The van der Waals surface area contributed by atoms with E-state index >= 15 is 0 Å². The van der Waals surface area contributed by atoms with Crippen LogP contribution in [-0.2, 0) is 11.2 Å². The number of benzene rings is 1. The highest BCUT2D eigenvalue weighted by molar-refractivity contribution is 14.0. The molecule has 2 rings (SSSR count). The van der Waals surface area contributed by atoms with Gasteiger partial charge in [-0.3, -0.25) is 4.99 Å². The van der Waals surface area contributed by atoms with Gasteiger partial charge in [0.05, 0.1) is 0 Å². The van der Waals surface area contributed by atoms with Crippen LogP contribution >= 0.6 is 35.6 Å². The molecule has 0 unspecified atom stereocenters. The molecule has 172 valence electrons. The summed E-state index contributed by atoms with van der Waals surface area (Å²) >= 11 is 5.89. The lowest BCUT2D eigenvalue weighted by Crippen LogP contribution is -2.40. The molecule has 0 atom stereocenters. The summed E-state index contributed by atoms with van der Waals surface area (Å²) in [6, 6.07) is 7.26. The Kier molecular flexibility index (Phi) is 11.6. The predicted molar refractivity (Wildman–Crippen MR) is 132 cm³/mol. The number of carbonyl (C=O) groups excluding carboxylic acids is 1. The van der Waals surface area contributed by atoms with Crippen LogP contribution in [0.5, 0.6) is 0 Å². The van der Waals surface area contributed by atoms with Gasteiger partial charge in [-0.1, -0.05) is 16.8 Å². The van der Waals surface area contributed by atoms with Crippen molar-refractivity contribution in [3.8, 4) is 11.4 Å². The van der Waals surface area contributed by atoms with E-state index in [-0.39, 0.29) is 24.0 Å². The van der Waals surface area contributed by atoms with Crippen molar-refractivity contribution in [2.24, 2.45) is 4.99 Å². The van der Waals surface area contributed by atoms with Gasteiger partial charge in [-0.15, -0.1) is 24.0 Å². The summed E-state index contributed by atoms with van der Waals surface area (Å²) in [6.07, 6.45) is 0.873. The van der Waals surface area contributed by atoms with Crippen molar-refractivity contribution in [2.75, 3.05) is 26.7 Å². The van der Waals surface area contributed by atoms with Crippen LogP contribution in [0.4, 0.5) is 4.79 Å². The quantitative estimate of drug-likeness (QED) is 0.194. The van der Waals surface area contributed by atoms with E-state index in [2.05, 4.69) is 31.1 Å². The zero-order valence-corrected chi connectivity index (χ0v) is 21.3. The molecule has 0 aliphatic rings. The molecule has 11 heteroatoms. The van der Waals surface area contributed by atoms with Gasteiger partial charge in [-0.2, -0.15) is 4.98 Å². The van der Waals surface area contributed by atoms with Crippen molar-refractivity contribution < 1.29 is 14.1 Å². The lowest BCUT2D eigenvalue weighted by Gasteiger charge is -2.19. The maximum atomic E-state index is 11.6. The molecule has 0 spiro atoms. The second kappa shape index (κ2) is 13.4. The Morgan fingerprint density at radius 1 is 1.13 bits per heavy atom. The molecule has 1 heterocycles. The average molecular weight is 565 g/mol. The number of aliphatic imine (C=N–C) groups is 1. The zero-order valence-electron chi connectivity index (χ0n) is 18.2. The third-order valence-electron chi connectivity index (χ3n) is 3.74. The van der Waals surface area contributed by atoms with E-state index in [0.29, 0.717) is 48.8 Å². The molecule has 0 saturated carbocycles. The number of rotatable bonds is 8. The Bertz CT molecular complexity index is 836. The first-order valence-corrected chi connectivity index (χ1v) is 10.1. The molecule has 0 aliphatic carbocycles. The van der Waals surface area contributed by atoms with Crippen molar-refractivity contribution in [3.05, 3.63) is 35.2 Å². The van der Waals surface area contributed by atoms with Crippen molar-refractivity contribution in [3.63, 3.8) is 0 Å². The summed E-state index contributed by atoms with van der Waals surface area (Å²) in [5.74, 6) is 1.72. The standard InChI is InChI=1S/C20H29ClN6O3.HI/c1-20(2,3)29-19(28)25-12-5-11-23-18(22-4)24-13-10-16-26-17(27-30-16)14-6-8-15(21)9-7-14;/h6-9H,5,10-13H2,1-4H3,(H,25,28)(H2,22,23,24);1H. The summed E-state index contributed by atoms with van der Waals surface area (Å²) in [5, 5.41) is 13.7. The van der Waals surface area contributed by atoms with Gasteiger partial charge in [0.1, 0.15) is 5.60 Å². The molecule has 2 aromatic rings. The number of amides is 1. The number of alkyl carbamates (subject to hydrolysis) is 1. The lowest BCUT2D eigenvalue weighted by molar-refractivity contribution is 0.0527. The number of nitrogens with one attached hydrogen (secondary N) is 3. The molecule has 0 fully saturated rings. The minimum Gasteiger partial charge on any atom is -0.444 e. The number of ether oxygens (including phenoxy) is 1. The maximum Gasteiger partial charge on any atom is 0.407 e. The number of carbonyl (C=O) groups is 1. The first-order valence-electron chi connectivity index (χ1n) is 9.77. The third kappa shape index (κ3) is 10.7. The molecule has 0 radical (unpaired) electrons. The van der Waals surface area contributed by atoms with Gasteiger partial charge in [-0.05, 0) is 51.5 Å². The summed E-state index contributed by atoms with van der Waals surface area (Å²) in [6.45, 7) is 7.23. The highest BCUT2D eigenvalue weighted by Crippen LogP contribution is 2.18. The van der Waals surface area contributed by atoms with Crippen LogP contribution in [0.25, 0.3) is 11.4 Å². The lowest BCUT2D eigenvalue weighted by atomic mass is 10.2. The van der Waals surface area contributed by atoms with E-state index in [9.17, 15) is 4.79 Å².